The number of aryl methyl sites for hydroxylation is 1. The van der Waals surface area contributed by atoms with Crippen LogP contribution in [0.4, 0.5) is 11.4 Å². The van der Waals surface area contributed by atoms with E-state index in [0.717, 1.165) is 16.3 Å². The molecular formula is C14H18N4OS. The highest BCUT2D eigenvalue weighted by molar-refractivity contribution is 7.99. The first-order chi connectivity index (χ1) is 9.67. The van der Waals surface area contributed by atoms with Gasteiger partial charge in [0.1, 0.15) is 5.69 Å². The fourth-order valence-corrected chi connectivity index (χ4v) is 2.68. The Morgan fingerprint density at radius 3 is 2.85 bits per heavy atom. The fraction of sp³-hybridized carbons (Fsp3) is 0.286. The zero-order valence-electron chi connectivity index (χ0n) is 11.6. The Bertz CT molecular complexity index is 609. The third-order valence-corrected chi connectivity index (χ3v) is 3.77. The number of nitrogens with two attached hydrogens (primary N) is 1. The molecule has 0 saturated heterocycles. The predicted molar refractivity (Wildman–Crippen MR) is 83.1 cm³/mol. The monoisotopic (exact) mass is 290 g/mol. The summed E-state index contributed by atoms with van der Waals surface area (Å²) in [4.78, 5) is 13.4. The lowest BCUT2D eigenvalue weighted by Gasteiger charge is -2.11. The van der Waals surface area contributed by atoms with Crippen molar-refractivity contribution >= 4 is 29.0 Å². The van der Waals surface area contributed by atoms with Gasteiger partial charge in [0.25, 0.3) is 5.91 Å². The number of hydrogen-bond donors (Lipinski definition) is 2. The van der Waals surface area contributed by atoms with Crippen LogP contribution in [0.2, 0.25) is 0 Å². The molecule has 0 radical (unpaired) electrons. The number of nitrogen functional groups attached to an aromatic ring is 1. The van der Waals surface area contributed by atoms with Crippen LogP contribution in [0, 0.1) is 0 Å². The van der Waals surface area contributed by atoms with E-state index in [0.29, 0.717) is 17.9 Å². The highest BCUT2D eigenvalue weighted by Crippen LogP contribution is 2.27. The maximum absolute atomic E-state index is 12.4. The average molecular weight is 290 g/mol. The van der Waals surface area contributed by atoms with Gasteiger partial charge in [0.15, 0.2) is 0 Å². The van der Waals surface area contributed by atoms with Crippen LogP contribution < -0.4 is 11.1 Å². The molecule has 6 heteroatoms. The van der Waals surface area contributed by atoms with E-state index in [4.69, 9.17) is 5.73 Å². The van der Waals surface area contributed by atoms with Crippen molar-refractivity contribution in [1.82, 2.24) is 9.78 Å². The van der Waals surface area contributed by atoms with Gasteiger partial charge in [0.2, 0.25) is 0 Å². The quantitative estimate of drug-likeness (QED) is 0.830. The van der Waals surface area contributed by atoms with Crippen LogP contribution in [0.3, 0.4) is 0 Å². The topological polar surface area (TPSA) is 72.9 Å². The number of carbonyl (C=O) groups is 1. The van der Waals surface area contributed by atoms with E-state index in [-0.39, 0.29) is 5.91 Å². The van der Waals surface area contributed by atoms with Crippen molar-refractivity contribution in [2.24, 2.45) is 0 Å². The summed E-state index contributed by atoms with van der Waals surface area (Å²) >= 11 is 1.69. The SMILES string of the molecule is CCSc1ccccc1NC(=O)c1c(N)cnn1CC. The summed E-state index contributed by atoms with van der Waals surface area (Å²) in [5.41, 5.74) is 7.42. The Morgan fingerprint density at radius 1 is 1.40 bits per heavy atom. The van der Waals surface area contributed by atoms with E-state index in [1.165, 1.54) is 6.20 Å². The number of carbonyl (C=O) groups excluding carboxylic acids is 1. The molecule has 5 nitrogen and oxygen atoms in total. The number of amides is 1. The fourth-order valence-electron chi connectivity index (χ4n) is 1.92. The summed E-state index contributed by atoms with van der Waals surface area (Å²) in [7, 11) is 0. The summed E-state index contributed by atoms with van der Waals surface area (Å²) in [6.45, 7) is 4.60. The van der Waals surface area contributed by atoms with Gasteiger partial charge in [-0.3, -0.25) is 9.48 Å². The lowest BCUT2D eigenvalue weighted by molar-refractivity contribution is 0.101. The van der Waals surface area contributed by atoms with E-state index in [1.54, 1.807) is 16.4 Å². The van der Waals surface area contributed by atoms with Crippen molar-refractivity contribution in [1.29, 1.82) is 0 Å². The molecule has 3 N–H and O–H groups in total. The van der Waals surface area contributed by atoms with Crippen LogP contribution in [0.25, 0.3) is 0 Å². The molecule has 106 valence electrons. The Kier molecular flexibility index (Phi) is 4.68. The molecule has 0 spiro atoms. The minimum absolute atomic E-state index is 0.231. The second kappa shape index (κ2) is 6.47. The molecule has 1 aromatic heterocycles. The molecule has 0 aliphatic rings. The molecule has 0 bridgehead atoms. The van der Waals surface area contributed by atoms with Crippen molar-refractivity contribution in [2.45, 2.75) is 25.3 Å². The number of nitrogens with zero attached hydrogens (tertiary/aromatic N) is 2. The normalized spacial score (nSPS) is 10.5. The summed E-state index contributed by atoms with van der Waals surface area (Å²) < 4.78 is 1.60. The largest absolute Gasteiger partial charge is 0.396 e. The van der Waals surface area contributed by atoms with Gasteiger partial charge in [0.05, 0.1) is 17.6 Å². The molecule has 0 fully saturated rings. The number of aromatic nitrogens is 2. The molecule has 0 aliphatic carbocycles. The summed E-state index contributed by atoms with van der Waals surface area (Å²) in [5, 5.41) is 6.99. The molecule has 0 saturated carbocycles. The molecule has 0 aliphatic heterocycles. The van der Waals surface area contributed by atoms with Gasteiger partial charge in [-0.1, -0.05) is 19.1 Å². The lowest BCUT2D eigenvalue weighted by atomic mass is 10.3. The number of hydrogen-bond acceptors (Lipinski definition) is 4. The Labute approximate surface area is 122 Å². The van der Waals surface area contributed by atoms with Gasteiger partial charge in [-0.15, -0.1) is 11.8 Å². The van der Waals surface area contributed by atoms with Crippen LogP contribution in [0.15, 0.2) is 35.4 Å². The molecule has 2 rings (SSSR count). The van der Waals surface area contributed by atoms with E-state index >= 15 is 0 Å². The molecule has 1 heterocycles. The number of anilines is 2. The van der Waals surface area contributed by atoms with Crippen molar-refractivity contribution in [2.75, 3.05) is 16.8 Å². The lowest BCUT2D eigenvalue weighted by Crippen LogP contribution is -2.19. The number of nitrogens with one attached hydrogen (secondary N) is 1. The minimum atomic E-state index is -0.231. The summed E-state index contributed by atoms with van der Waals surface area (Å²) in [5.74, 6) is 0.716. The van der Waals surface area contributed by atoms with Gasteiger partial charge in [-0.2, -0.15) is 5.10 Å². The third kappa shape index (κ3) is 2.96. The maximum atomic E-state index is 12.4. The Morgan fingerprint density at radius 2 is 2.15 bits per heavy atom. The van der Waals surface area contributed by atoms with Crippen LogP contribution in [0.5, 0.6) is 0 Å². The number of thioether (sulfide) groups is 1. The summed E-state index contributed by atoms with van der Waals surface area (Å²) in [6.07, 6.45) is 1.51. The Balaban J connectivity index is 2.26. The second-order valence-electron chi connectivity index (χ2n) is 4.15. The maximum Gasteiger partial charge on any atom is 0.276 e. The standard InChI is InChI=1S/C14H18N4OS/c1-3-18-13(10(15)9-16-18)14(19)17-11-7-5-6-8-12(11)20-4-2/h5-9H,3-4,15H2,1-2H3,(H,17,19). The van der Waals surface area contributed by atoms with E-state index in [1.807, 2.05) is 31.2 Å². The highest BCUT2D eigenvalue weighted by Gasteiger charge is 2.17. The molecule has 0 atom stereocenters. The molecule has 20 heavy (non-hydrogen) atoms. The second-order valence-corrected chi connectivity index (χ2v) is 5.45. The average Bonchev–Trinajstić information content (AvgIpc) is 2.82. The zero-order chi connectivity index (χ0) is 14.5. The molecule has 0 unspecified atom stereocenters. The van der Waals surface area contributed by atoms with E-state index < -0.39 is 0 Å². The minimum Gasteiger partial charge on any atom is -0.396 e. The first-order valence-electron chi connectivity index (χ1n) is 6.51. The zero-order valence-corrected chi connectivity index (χ0v) is 12.4. The van der Waals surface area contributed by atoms with Crippen LogP contribution in [-0.2, 0) is 6.54 Å². The number of benzene rings is 1. The van der Waals surface area contributed by atoms with Crippen LogP contribution >= 0.6 is 11.8 Å². The Hall–Kier alpha value is -1.95. The van der Waals surface area contributed by atoms with Gasteiger partial charge >= 0.3 is 0 Å². The van der Waals surface area contributed by atoms with Crippen molar-refractivity contribution in [3.05, 3.63) is 36.2 Å². The molecule has 1 amide bonds. The predicted octanol–water partition coefficient (Wildman–Crippen LogP) is 2.85. The van der Waals surface area contributed by atoms with Gasteiger partial charge in [0, 0.05) is 11.4 Å². The molecule has 2 aromatic rings. The third-order valence-electron chi connectivity index (χ3n) is 2.82. The van der Waals surface area contributed by atoms with Crippen molar-refractivity contribution in [3.63, 3.8) is 0 Å². The van der Waals surface area contributed by atoms with Crippen molar-refractivity contribution < 1.29 is 4.79 Å². The number of para-hydroxylation sites is 1. The number of rotatable bonds is 5. The molecular weight excluding hydrogens is 272 g/mol. The highest BCUT2D eigenvalue weighted by atomic mass is 32.2. The van der Waals surface area contributed by atoms with Crippen molar-refractivity contribution in [3.8, 4) is 0 Å². The van der Waals surface area contributed by atoms with Gasteiger partial charge in [-0.05, 0) is 24.8 Å². The van der Waals surface area contributed by atoms with E-state index in [9.17, 15) is 4.79 Å². The van der Waals surface area contributed by atoms with E-state index in [2.05, 4.69) is 17.3 Å². The smallest absolute Gasteiger partial charge is 0.276 e. The summed E-state index contributed by atoms with van der Waals surface area (Å²) in [6, 6.07) is 7.73. The van der Waals surface area contributed by atoms with Gasteiger partial charge in [-0.25, -0.2) is 0 Å². The van der Waals surface area contributed by atoms with Gasteiger partial charge < -0.3 is 11.1 Å². The first-order valence-corrected chi connectivity index (χ1v) is 7.50. The molecule has 1 aromatic carbocycles. The first kappa shape index (κ1) is 14.5. The van der Waals surface area contributed by atoms with Crippen LogP contribution in [0.1, 0.15) is 24.3 Å². The van der Waals surface area contributed by atoms with Crippen LogP contribution in [-0.4, -0.2) is 21.4 Å².